The highest BCUT2D eigenvalue weighted by Gasteiger charge is 2.02. The van der Waals surface area contributed by atoms with Crippen molar-refractivity contribution < 1.29 is 0 Å². The Morgan fingerprint density at radius 1 is 1.33 bits per heavy atom. The average Bonchev–Trinajstić information content (AvgIpc) is 2.04. The van der Waals surface area contributed by atoms with E-state index in [4.69, 9.17) is 28.7 Å². The van der Waals surface area contributed by atoms with Crippen LogP contribution in [0.4, 0.5) is 0 Å². The van der Waals surface area contributed by atoms with Crippen LogP contribution in [0.3, 0.4) is 0 Å². The van der Waals surface area contributed by atoms with Crippen molar-refractivity contribution in [1.82, 2.24) is 0 Å². The molecule has 0 fully saturated rings. The quantitative estimate of drug-likeness (QED) is 0.397. The number of nitrogens with zero attached hydrogens (tertiary/aromatic N) is 3. The summed E-state index contributed by atoms with van der Waals surface area (Å²) in [7, 11) is 0. The summed E-state index contributed by atoms with van der Waals surface area (Å²) in [5.41, 5.74) is 8.75. The molecular weight excluding hydrogens is 197 g/mol. The SMILES string of the molecule is [N-]=[N+]=NCc1c(Cl)cccc1Cl. The second-order valence-electron chi connectivity index (χ2n) is 2.09. The van der Waals surface area contributed by atoms with E-state index in [1.54, 1.807) is 18.2 Å². The summed E-state index contributed by atoms with van der Waals surface area (Å²) in [5, 5.41) is 4.42. The van der Waals surface area contributed by atoms with Gasteiger partial charge in [0, 0.05) is 15.0 Å². The summed E-state index contributed by atoms with van der Waals surface area (Å²) in [5.74, 6) is 0. The fourth-order valence-electron chi connectivity index (χ4n) is 0.786. The van der Waals surface area contributed by atoms with Crippen molar-refractivity contribution in [1.29, 1.82) is 0 Å². The second kappa shape index (κ2) is 4.21. The van der Waals surface area contributed by atoms with Crippen LogP contribution >= 0.6 is 23.2 Å². The van der Waals surface area contributed by atoms with E-state index in [-0.39, 0.29) is 6.54 Å². The van der Waals surface area contributed by atoms with Gasteiger partial charge >= 0.3 is 0 Å². The first kappa shape index (κ1) is 9.20. The number of rotatable bonds is 2. The minimum Gasteiger partial charge on any atom is -0.0892 e. The van der Waals surface area contributed by atoms with Crippen molar-refractivity contribution in [2.75, 3.05) is 0 Å². The molecule has 0 heterocycles. The molecule has 0 spiro atoms. The molecule has 0 N–H and O–H groups in total. The lowest BCUT2D eigenvalue weighted by Gasteiger charge is -2.01. The maximum absolute atomic E-state index is 8.08. The Morgan fingerprint density at radius 2 is 1.92 bits per heavy atom. The number of hydrogen-bond donors (Lipinski definition) is 0. The van der Waals surface area contributed by atoms with Gasteiger partial charge in [0.2, 0.25) is 0 Å². The molecule has 0 bridgehead atoms. The summed E-state index contributed by atoms with van der Waals surface area (Å²) in [4.78, 5) is 2.62. The van der Waals surface area contributed by atoms with Gasteiger partial charge in [0.15, 0.2) is 0 Å². The molecule has 62 valence electrons. The zero-order valence-corrected chi connectivity index (χ0v) is 7.55. The molecule has 1 rings (SSSR count). The molecule has 0 saturated heterocycles. The highest BCUT2D eigenvalue weighted by Crippen LogP contribution is 2.24. The lowest BCUT2D eigenvalue weighted by Crippen LogP contribution is -1.83. The predicted molar refractivity (Wildman–Crippen MR) is 49.3 cm³/mol. The van der Waals surface area contributed by atoms with Gasteiger partial charge in [0.25, 0.3) is 0 Å². The van der Waals surface area contributed by atoms with Crippen LogP contribution in [0.25, 0.3) is 10.4 Å². The third-order valence-electron chi connectivity index (χ3n) is 1.35. The molecule has 0 unspecified atom stereocenters. The van der Waals surface area contributed by atoms with E-state index in [1.807, 2.05) is 0 Å². The Balaban J connectivity index is 3.03. The first-order valence-electron chi connectivity index (χ1n) is 3.19. The van der Waals surface area contributed by atoms with E-state index < -0.39 is 0 Å². The van der Waals surface area contributed by atoms with Crippen LogP contribution in [-0.2, 0) is 6.54 Å². The molecule has 0 saturated carbocycles. The molecule has 5 heteroatoms. The molecule has 0 radical (unpaired) electrons. The highest BCUT2D eigenvalue weighted by atomic mass is 35.5. The molecular formula is C7H5Cl2N3. The van der Waals surface area contributed by atoms with Gasteiger partial charge in [-0.25, -0.2) is 0 Å². The fourth-order valence-corrected chi connectivity index (χ4v) is 1.30. The summed E-state index contributed by atoms with van der Waals surface area (Å²) in [6.07, 6.45) is 0. The highest BCUT2D eigenvalue weighted by molar-refractivity contribution is 6.35. The monoisotopic (exact) mass is 201 g/mol. The van der Waals surface area contributed by atoms with Crippen molar-refractivity contribution in [2.24, 2.45) is 5.11 Å². The van der Waals surface area contributed by atoms with Crippen LogP contribution < -0.4 is 0 Å². The third-order valence-corrected chi connectivity index (χ3v) is 2.06. The first-order chi connectivity index (χ1) is 5.75. The van der Waals surface area contributed by atoms with Crippen LogP contribution in [0.1, 0.15) is 5.56 Å². The second-order valence-corrected chi connectivity index (χ2v) is 2.90. The van der Waals surface area contributed by atoms with Gasteiger partial charge < -0.3 is 0 Å². The summed E-state index contributed by atoms with van der Waals surface area (Å²) in [6, 6.07) is 5.15. The smallest absolute Gasteiger partial charge is 0.0540 e. The predicted octanol–water partition coefficient (Wildman–Crippen LogP) is 3.80. The average molecular weight is 202 g/mol. The van der Waals surface area contributed by atoms with Gasteiger partial charge in [0.05, 0.1) is 6.54 Å². The minimum atomic E-state index is 0.189. The van der Waals surface area contributed by atoms with Crippen LogP contribution in [0.2, 0.25) is 10.0 Å². The molecule has 0 atom stereocenters. The molecule has 0 aliphatic rings. The van der Waals surface area contributed by atoms with Gasteiger partial charge in [-0.1, -0.05) is 34.4 Å². The Morgan fingerprint density at radius 3 is 2.42 bits per heavy atom. The number of halogens is 2. The molecule has 0 aromatic heterocycles. The van der Waals surface area contributed by atoms with E-state index in [0.717, 1.165) is 0 Å². The minimum absolute atomic E-state index is 0.189. The Bertz CT molecular complexity index is 311. The van der Waals surface area contributed by atoms with Crippen LogP contribution in [-0.4, -0.2) is 0 Å². The first-order valence-corrected chi connectivity index (χ1v) is 3.95. The molecule has 0 aliphatic heterocycles. The van der Waals surface area contributed by atoms with E-state index in [9.17, 15) is 0 Å². The summed E-state index contributed by atoms with van der Waals surface area (Å²) >= 11 is 11.6. The summed E-state index contributed by atoms with van der Waals surface area (Å²) in [6.45, 7) is 0.189. The number of azide groups is 1. The van der Waals surface area contributed by atoms with Crippen LogP contribution in [0.15, 0.2) is 23.3 Å². The fraction of sp³-hybridized carbons (Fsp3) is 0.143. The van der Waals surface area contributed by atoms with Gasteiger partial charge in [-0.2, -0.15) is 0 Å². The Labute approximate surface area is 79.5 Å². The Kier molecular flexibility index (Phi) is 3.23. The summed E-state index contributed by atoms with van der Waals surface area (Å²) < 4.78 is 0. The van der Waals surface area contributed by atoms with Crippen molar-refractivity contribution in [3.05, 3.63) is 44.3 Å². The Hall–Kier alpha value is -0.890. The van der Waals surface area contributed by atoms with Crippen LogP contribution in [0, 0.1) is 0 Å². The van der Waals surface area contributed by atoms with Crippen molar-refractivity contribution in [3.8, 4) is 0 Å². The third kappa shape index (κ3) is 2.05. The molecule has 3 nitrogen and oxygen atoms in total. The number of hydrogen-bond acceptors (Lipinski definition) is 1. The normalized spacial score (nSPS) is 9.17. The van der Waals surface area contributed by atoms with E-state index in [2.05, 4.69) is 10.0 Å². The molecule has 0 amide bonds. The van der Waals surface area contributed by atoms with E-state index >= 15 is 0 Å². The van der Waals surface area contributed by atoms with Gasteiger partial charge in [-0.05, 0) is 23.2 Å². The maximum Gasteiger partial charge on any atom is 0.0540 e. The molecule has 12 heavy (non-hydrogen) atoms. The zero-order chi connectivity index (χ0) is 8.97. The maximum atomic E-state index is 8.08. The molecule has 1 aromatic carbocycles. The van der Waals surface area contributed by atoms with Gasteiger partial charge in [-0.15, -0.1) is 0 Å². The lowest BCUT2D eigenvalue weighted by atomic mass is 10.2. The lowest BCUT2D eigenvalue weighted by molar-refractivity contribution is 1.05. The standard InChI is InChI=1S/C7H5Cl2N3/c8-6-2-1-3-7(9)5(6)4-11-12-10/h1-3H,4H2. The largest absolute Gasteiger partial charge is 0.0892 e. The number of benzene rings is 1. The van der Waals surface area contributed by atoms with Crippen molar-refractivity contribution >= 4 is 23.2 Å². The van der Waals surface area contributed by atoms with Gasteiger partial charge in [-0.3, -0.25) is 0 Å². The van der Waals surface area contributed by atoms with Crippen molar-refractivity contribution in [3.63, 3.8) is 0 Å². The van der Waals surface area contributed by atoms with E-state index in [1.165, 1.54) is 0 Å². The van der Waals surface area contributed by atoms with Crippen LogP contribution in [0.5, 0.6) is 0 Å². The van der Waals surface area contributed by atoms with Crippen molar-refractivity contribution in [2.45, 2.75) is 6.54 Å². The zero-order valence-electron chi connectivity index (χ0n) is 6.04. The molecule has 1 aromatic rings. The van der Waals surface area contributed by atoms with Gasteiger partial charge in [0.1, 0.15) is 0 Å². The van der Waals surface area contributed by atoms with E-state index in [0.29, 0.717) is 15.6 Å². The molecule has 0 aliphatic carbocycles. The topological polar surface area (TPSA) is 48.8 Å².